The van der Waals surface area contributed by atoms with Crippen LogP contribution in [0.3, 0.4) is 0 Å². The summed E-state index contributed by atoms with van der Waals surface area (Å²) in [6.07, 6.45) is 2.62. The Bertz CT molecular complexity index is 1090. The standard InChI is InChI=1S/C25H24FNO4/c1-3-11-30-21-8-9-22(17(2)12-21)19-6-4-5-18(13-19)15-27-20-7-10-24(23(26)14-20)31-16-25(28)29/h4-10,12-15H,3,11,16H2,1-2H3,(H,28,29). The number of nitrogens with zero attached hydrogens (tertiary/aromatic N) is 1. The third-order valence-corrected chi connectivity index (χ3v) is 4.50. The molecule has 0 radical (unpaired) electrons. The van der Waals surface area contributed by atoms with Crippen molar-refractivity contribution in [2.75, 3.05) is 13.2 Å². The highest BCUT2D eigenvalue weighted by Gasteiger charge is 2.07. The van der Waals surface area contributed by atoms with E-state index in [0.29, 0.717) is 12.3 Å². The molecular weight excluding hydrogens is 397 g/mol. The van der Waals surface area contributed by atoms with Crippen LogP contribution in [0.1, 0.15) is 24.5 Å². The summed E-state index contributed by atoms with van der Waals surface area (Å²) in [6, 6.07) is 18.1. The van der Waals surface area contributed by atoms with Crippen molar-refractivity contribution in [3.63, 3.8) is 0 Å². The first-order valence-electron chi connectivity index (χ1n) is 9.98. The predicted molar refractivity (Wildman–Crippen MR) is 119 cm³/mol. The number of halogens is 1. The number of carbonyl (C=O) groups is 1. The molecule has 0 aliphatic rings. The largest absolute Gasteiger partial charge is 0.494 e. The van der Waals surface area contributed by atoms with Gasteiger partial charge < -0.3 is 14.6 Å². The molecule has 0 saturated heterocycles. The number of aliphatic carboxylic acids is 1. The van der Waals surface area contributed by atoms with Crippen molar-refractivity contribution in [2.45, 2.75) is 20.3 Å². The van der Waals surface area contributed by atoms with Crippen LogP contribution in [0.5, 0.6) is 11.5 Å². The highest BCUT2D eigenvalue weighted by atomic mass is 19.1. The second-order valence-corrected chi connectivity index (χ2v) is 7.01. The molecule has 0 aliphatic heterocycles. The number of carboxylic acid groups (broad SMARTS) is 1. The SMILES string of the molecule is CCCOc1ccc(-c2cccc(C=Nc3ccc(OCC(=O)O)c(F)c3)c2)c(C)c1. The van der Waals surface area contributed by atoms with Gasteiger partial charge in [-0.15, -0.1) is 0 Å². The second-order valence-electron chi connectivity index (χ2n) is 7.01. The minimum atomic E-state index is -1.17. The van der Waals surface area contributed by atoms with Crippen molar-refractivity contribution in [1.82, 2.24) is 0 Å². The summed E-state index contributed by atoms with van der Waals surface area (Å²) < 4.78 is 24.6. The van der Waals surface area contributed by atoms with Gasteiger partial charge in [-0.25, -0.2) is 9.18 Å². The number of carboxylic acids is 1. The molecule has 31 heavy (non-hydrogen) atoms. The average molecular weight is 421 g/mol. The molecule has 3 aromatic rings. The van der Waals surface area contributed by atoms with Crippen molar-refractivity contribution < 1.29 is 23.8 Å². The molecule has 0 spiro atoms. The minimum absolute atomic E-state index is 0.120. The highest BCUT2D eigenvalue weighted by molar-refractivity contribution is 5.85. The van der Waals surface area contributed by atoms with E-state index in [1.807, 2.05) is 49.4 Å². The number of hydrogen-bond acceptors (Lipinski definition) is 4. The van der Waals surface area contributed by atoms with Crippen molar-refractivity contribution in [1.29, 1.82) is 0 Å². The zero-order valence-electron chi connectivity index (χ0n) is 17.5. The highest BCUT2D eigenvalue weighted by Crippen LogP contribution is 2.28. The summed E-state index contributed by atoms with van der Waals surface area (Å²) >= 11 is 0. The van der Waals surface area contributed by atoms with Gasteiger partial charge in [0.15, 0.2) is 18.2 Å². The van der Waals surface area contributed by atoms with Crippen LogP contribution in [0.25, 0.3) is 11.1 Å². The third-order valence-electron chi connectivity index (χ3n) is 4.50. The van der Waals surface area contributed by atoms with E-state index in [0.717, 1.165) is 34.4 Å². The molecular formula is C25H24FNO4. The number of rotatable bonds is 9. The molecule has 0 bridgehead atoms. The molecule has 1 N–H and O–H groups in total. The molecule has 0 amide bonds. The van der Waals surface area contributed by atoms with Crippen LogP contribution < -0.4 is 9.47 Å². The van der Waals surface area contributed by atoms with Crippen molar-refractivity contribution in [3.8, 4) is 22.6 Å². The van der Waals surface area contributed by atoms with E-state index in [1.165, 1.54) is 12.1 Å². The molecule has 0 aromatic heterocycles. The predicted octanol–water partition coefficient (Wildman–Crippen LogP) is 5.80. The van der Waals surface area contributed by atoms with Gasteiger partial charge in [0.2, 0.25) is 0 Å². The molecule has 3 rings (SSSR count). The Balaban J connectivity index is 1.75. The summed E-state index contributed by atoms with van der Waals surface area (Å²) in [6.45, 7) is 4.21. The van der Waals surface area contributed by atoms with Crippen LogP contribution in [-0.4, -0.2) is 30.5 Å². The fraction of sp³-hybridized carbons (Fsp3) is 0.200. The maximum absolute atomic E-state index is 14.1. The van der Waals surface area contributed by atoms with Gasteiger partial charge in [-0.05, 0) is 65.9 Å². The first-order valence-corrected chi connectivity index (χ1v) is 9.98. The van der Waals surface area contributed by atoms with Gasteiger partial charge in [0, 0.05) is 12.3 Å². The van der Waals surface area contributed by atoms with Gasteiger partial charge in [0.25, 0.3) is 0 Å². The van der Waals surface area contributed by atoms with Gasteiger partial charge in [0.05, 0.1) is 12.3 Å². The smallest absolute Gasteiger partial charge is 0.341 e. The lowest BCUT2D eigenvalue weighted by molar-refractivity contribution is -0.139. The minimum Gasteiger partial charge on any atom is -0.494 e. The van der Waals surface area contributed by atoms with Crippen LogP contribution in [0.2, 0.25) is 0 Å². The van der Waals surface area contributed by atoms with Crippen LogP contribution in [0.4, 0.5) is 10.1 Å². The molecule has 0 atom stereocenters. The van der Waals surface area contributed by atoms with Crippen molar-refractivity contribution in [3.05, 3.63) is 77.6 Å². The van der Waals surface area contributed by atoms with Crippen LogP contribution in [-0.2, 0) is 4.79 Å². The molecule has 0 heterocycles. The van der Waals surface area contributed by atoms with E-state index in [4.69, 9.17) is 14.6 Å². The molecule has 5 nitrogen and oxygen atoms in total. The van der Waals surface area contributed by atoms with Crippen molar-refractivity contribution >= 4 is 17.9 Å². The normalized spacial score (nSPS) is 10.9. The number of aliphatic imine (C=N–C) groups is 1. The van der Waals surface area contributed by atoms with Gasteiger partial charge in [-0.1, -0.05) is 31.2 Å². The van der Waals surface area contributed by atoms with Crippen LogP contribution >= 0.6 is 0 Å². The van der Waals surface area contributed by atoms with E-state index in [2.05, 4.69) is 11.9 Å². The number of benzene rings is 3. The monoisotopic (exact) mass is 421 g/mol. The maximum Gasteiger partial charge on any atom is 0.341 e. The zero-order valence-corrected chi connectivity index (χ0v) is 17.5. The molecule has 0 aliphatic carbocycles. The molecule has 3 aromatic carbocycles. The summed E-state index contributed by atoms with van der Waals surface area (Å²) in [5.74, 6) is -1.09. The van der Waals surface area contributed by atoms with Gasteiger partial charge >= 0.3 is 5.97 Å². The fourth-order valence-corrected chi connectivity index (χ4v) is 3.03. The molecule has 0 unspecified atom stereocenters. The quantitative estimate of drug-likeness (QED) is 0.443. The summed E-state index contributed by atoms with van der Waals surface area (Å²) in [5, 5.41) is 8.62. The van der Waals surface area contributed by atoms with Gasteiger partial charge in [0.1, 0.15) is 5.75 Å². The fourth-order valence-electron chi connectivity index (χ4n) is 3.03. The Morgan fingerprint density at radius 1 is 1.10 bits per heavy atom. The first-order chi connectivity index (χ1) is 15.0. The molecule has 6 heteroatoms. The molecule has 0 fully saturated rings. The number of ether oxygens (including phenoxy) is 2. The van der Waals surface area contributed by atoms with Crippen LogP contribution in [0, 0.1) is 12.7 Å². The zero-order chi connectivity index (χ0) is 22.2. The third kappa shape index (κ3) is 6.15. The first kappa shape index (κ1) is 22.0. The molecule has 0 saturated carbocycles. The van der Waals surface area contributed by atoms with E-state index >= 15 is 0 Å². The van der Waals surface area contributed by atoms with E-state index in [1.54, 1.807) is 12.3 Å². The lowest BCUT2D eigenvalue weighted by Crippen LogP contribution is -2.10. The van der Waals surface area contributed by atoms with Crippen molar-refractivity contribution in [2.24, 2.45) is 4.99 Å². The summed E-state index contributed by atoms with van der Waals surface area (Å²) in [7, 11) is 0. The number of hydrogen-bond donors (Lipinski definition) is 1. The summed E-state index contributed by atoms with van der Waals surface area (Å²) in [5.41, 5.74) is 4.54. The second kappa shape index (κ2) is 10.4. The lowest BCUT2D eigenvalue weighted by atomic mass is 9.99. The lowest BCUT2D eigenvalue weighted by Gasteiger charge is -2.10. The maximum atomic E-state index is 14.1. The Hall–Kier alpha value is -3.67. The van der Waals surface area contributed by atoms with E-state index in [9.17, 15) is 9.18 Å². The van der Waals surface area contributed by atoms with E-state index in [-0.39, 0.29) is 5.75 Å². The average Bonchev–Trinajstić information content (AvgIpc) is 2.75. The Kier molecular flexibility index (Phi) is 7.38. The van der Waals surface area contributed by atoms with Gasteiger partial charge in [-0.2, -0.15) is 0 Å². The Morgan fingerprint density at radius 3 is 2.65 bits per heavy atom. The topological polar surface area (TPSA) is 68.1 Å². The number of aryl methyl sites for hydroxylation is 1. The van der Waals surface area contributed by atoms with E-state index < -0.39 is 18.4 Å². The summed E-state index contributed by atoms with van der Waals surface area (Å²) in [4.78, 5) is 14.9. The Labute approximate surface area is 180 Å². The van der Waals surface area contributed by atoms with Gasteiger partial charge in [-0.3, -0.25) is 4.99 Å². The van der Waals surface area contributed by atoms with Crippen LogP contribution in [0.15, 0.2) is 65.7 Å². The molecule has 160 valence electrons. The Morgan fingerprint density at radius 2 is 1.94 bits per heavy atom.